The maximum atomic E-state index is 12.7. The molecule has 7 heteroatoms. The minimum Gasteiger partial charge on any atom is -0.352 e. The monoisotopic (exact) mass is 413 g/mol. The summed E-state index contributed by atoms with van der Waals surface area (Å²) < 4.78 is 0. The van der Waals surface area contributed by atoms with Gasteiger partial charge in [-0.2, -0.15) is 0 Å². The van der Waals surface area contributed by atoms with Gasteiger partial charge in [0.15, 0.2) is 0 Å². The van der Waals surface area contributed by atoms with E-state index in [-0.39, 0.29) is 30.7 Å². The van der Waals surface area contributed by atoms with Gasteiger partial charge < -0.3 is 15.5 Å². The number of nitrogens with one attached hydrogen (secondary N) is 2. The van der Waals surface area contributed by atoms with E-state index in [1.54, 1.807) is 42.5 Å². The number of likely N-dealkylation sites (tertiary alicyclic amines) is 1. The number of benzene rings is 2. The third kappa shape index (κ3) is 5.35. The third-order valence-corrected chi connectivity index (χ3v) is 5.23. The molecule has 0 atom stereocenters. The second kappa shape index (κ2) is 9.56. The van der Waals surface area contributed by atoms with Gasteiger partial charge in [0.25, 0.3) is 11.8 Å². The summed E-state index contributed by atoms with van der Waals surface area (Å²) >= 11 is 5.81. The molecule has 3 amide bonds. The van der Waals surface area contributed by atoms with E-state index in [0.29, 0.717) is 21.8 Å². The number of nitrogens with zero attached hydrogens (tertiary/aromatic N) is 1. The van der Waals surface area contributed by atoms with Crippen molar-refractivity contribution < 1.29 is 14.4 Å². The van der Waals surface area contributed by atoms with Crippen molar-refractivity contribution in [3.63, 3.8) is 0 Å². The molecule has 2 aromatic carbocycles. The molecule has 1 aliphatic heterocycles. The molecular formula is C22H24ClN3O3. The molecule has 0 radical (unpaired) electrons. The van der Waals surface area contributed by atoms with Crippen LogP contribution in [0, 0.1) is 6.92 Å². The Morgan fingerprint density at radius 3 is 2.41 bits per heavy atom. The summed E-state index contributed by atoms with van der Waals surface area (Å²) in [6.07, 6.45) is 2.19. The van der Waals surface area contributed by atoms with Gasteiger partial charge in [-0.05, 0) is 61.7 Å². The molecule has 0 saturated carbocycles. The van der Waals surface area contributed by atoms with Crippen molar-refractivity contribution in [3.05, 3.63) is 64.2 Å². The fourth-order valence-electron chi connectivity index (χ4n) is 3.30. The van der Waals surface area contributed by atoms with Crippen LogP contribution < -0.4 is 10.6 Å². The van der Waals surface area contributed by atoms with Crippen molar-refractivity contribution in [2.75, 3.05) is 25.0 Å². The van der Waals surface area contributed by atoms with Crippen LogP contribution in [0.25, 0.3) is 0 Å². The first-order chi connectivity index (χ1) is 14.0. The van der Waals surface area contributed by atoms with Crippen LogP contribution in [0.2, 0.25) is 5.02 Å². The number of hydrogen-bond acceptors (Lipinski definition) is 3. The Kier molecular flexibility index (Phi) is 6.88. The fourth-order valence-corrected chi connectivity index (χ4v) is 3.42. The van der Waals surface area contributed by atoms with Gasteiger partial charge in [0.1, 0.15) is 0 Å². The van der Waals surface area contributed by atoms with Crippen molar-refractivity contribution in [2.45, 2.75) is 26.2 Å². The second-order valence-corrected chi connectivity index (χ2v) is 7.47. The van der Waals surface area contributed by atoms with Gasteiger partial charge in [0.05, 0.1) is 0 Å². The van der Waals surface area contributed by atoms with E-state index in [2.05, 4.69) is 10.6 Å². The second-order valence-electron chi connectivity index (χ2n) is 7.04. The van der Waals surface area contributed by atoms with Crippen molar-refractivity contribution in [2.24, 2.45) is 0 Å². The first kappa shape index (κ1) is 20.9. The predicted molar refractivity (Wildman–Crippen MR) is 113 cm³/mol. The molecule has 29 heavy (non-hydrogen) atoms. The Balaban J connectivity index is 1.54. The zero-order valence-corrected chi connectivity index (χ0v) is 17.1. The molecule has 1 fully saturated rings. The zero-order chi connectivity index (χ0) is 20.8. The molecule has 152 valence electrons. The van der Waals surface area contributed by atoms with E-state index >= 15 is 0 Å². The Hall–Kier alpha value is -2.86. The van der Waals surface area contributed by atoms with E-state index < -0.39 is 0 Å². The van der Waals surface area contributed by atoms with Crippen LogP contribution in [-0.4, -0.2) is 42.3 Å². The number of halogens is 1. The summed E-state index contributed by atoms with van der Waals surface area (Å²) in [4.78, 5) is 38.9. The van der Waals surface area contributed by atoms with E-state index in [1.165, 1.54) is 0 Å². The average Bonchev–Trinajstić information content (AvgIpc) is 3.24. The van der Waals surface area contributed by atoms with E-state index in [4.69, 9.17) is 11.6 Å². The van der Waals surface area contributed by atoms with Crippen LogP contribution in [0.1, 0.15) is 45.5 Å². The van der Waals surface area contributed by atoms with Gasteiger partial charge >= 0.3 is 0 Å². The number of carbonyl (C=O) groups excluding carboxylic acids is 3. The minimum atomic E-state index is -0.260. The Morgan fingerprint density at radius 2 is 1.72 bits per heavy atom. The number of hydrogen-bond donors (Lipinski definition) is 2. The van der Waals surface area contributed by atoms with Crippen molar-refractivity contribution in [1.82, 2.24) is 10.2 Å². The summed E-state index contributed by atoms with van der Waals surface area (Å²) in [5.74, 6) is -0.481. The summed E-state index contributed by atoms with van der Waals surface area (Å²) in [7, 11) is 0. The minimum absolute atomic E-state index is 0.00586. The molecule has 1 aliphatic rings. The lowest BCUT2D eigenvalue weighted by Crippen LogP contribution is -2.29. The molecule has 1 heterocycles. The predicted octanol–water partition coefficient (Wildman–Crippen LogP) is 3.64. The molecule has 2 N–H and O–H groups in total. The van der Waals surface area contributed by atoms with Crippen LogP contribution in [0.15, 0.2) is 42.5 Å². The quantitative estimate of drug-likeness (QED) is 0.758. The van der Waals surface area contributed by atoms with Gasteiger partial charge in [-0.15, -0.1) is 0 Å². The van der Waals surface area contributed by atoms with Crippen molar-refractivity contribution in [3.8, 4) is 0 Å². The number of anilines is 1. The van der Waals surface area contributed by atoms with E-state index in [0.717, 1.165) is 31.5 Å². The first-order valence-corrected chi connectivity index (χ1v) is 10.1. The normalized spacial score (nSPS) is 13.2. The standard InChI is InChI=1S/C22H24ClN3O3/c1-15-18(22(29)26-13-2-3-14-26)5-4-6-19(15)25-20(27)11-12-24-21(28)16-7-9-17(23)10-8-16/h4-10H,2-3,11-14H2,1H3,(H,24,28)(H,25,27). The van der Waals surface area contributed by atoms with Gasteiger partial charge in [-0.25, -0.2) is 0 Å². The van der Waals surface area contributed by atoms with Gasteiger partial charge in [0.2, 0.25) is 5.91 Å². The lowest BCUT2D eigenvalue weighted by atomic mass is 10.1. The fraction of sp³-hybridized carbons (Fsp3) is 0.318. The average molecular weight is 414 g/mol. The molecule has 0 bridgehead atoms. The van der Waals surface area contributed by atoms with Gasteiger partial charge in [-0.3, -0.25) is 14.4 Å². The first-order valence-electron chi connectivity index (χ1n) is 9.68. The van der Waals surface area contributed by atoms with E-state index in [9.17, 15) is 14.4 Å². The molecular weight excluding hydrogens is 390 g/mol. The van der Waals surface area contributed by atoms with Crippen molar-refractivity contribution in [1.29, 1.82) is 0 Å². The van der Waals surface area contributed by atoms with Crippen LogP contribution in [0.4, 0.5) is 5.69 Å². The van der Waals surface area contributed by atoms with Crippen LogP contribution >= 0.6 is 11.6 Å². The molecule has 3 rings (SSSR count). The van der Waals surface area contributed by atoms with Crippen molar-refractivity contribution >= 4 is 35.0 Å². The summed E-state index contributed by atoms with van der Waals surface area (Å²) in [6, 6.07) is 11.9. The lowest BCUT2D eigenvalue weighted by Gasteiger charge is -2.18. The topological polar surface area (TPSA) is 78.5 Å². The Labute approximate surface area is 175 Å². The number of carbonyl (C=O) groups is 3. The van der Waals surface area contributed by atoms with Crippen LogP contribution in [-0.2, 0) is 4.79 Å². The highest BCUT2D eigenvalue weighted by Gasteiger charge is 2.22. The molecule has 2 aromatic rings. The SMILES string of the molecule is Cc1c(NC(=O)CCNC(=O)c2ccc(Cl)cc2)cccc1C(=O)N1CCCC1. The van der Waals surface area contributed by atoms with Gasteiger partial charge in [-0.1, -0.05) is 17.7 Å². The largest absolute Gasteiger partial charge is 0.352 e. The van der Waals surface area contributed by atoms with Crippen LogP contribution in [0.5, 0.6) is 0 Å². The smallest absolute Gasteiger partial charge is 0.254 e. The summed E-state index contributed by atoms with van der Waals surface area (Å²) in [5.41, 5.74) is 2.46. The number of rotatable bonds is 6. The maximum Gasteiger partial charge on any atom is 0.254 e. The highest BCUT2D eigenvalue weighted by Crippen LogP contribution is 2.22. The molecule has 0 spiro atoms. The Bertz CT molecular complexity index is 906. The summed E-state index contributed by atoms with van der Waals surface area (Å²) in [6.45, 7) is 3.60. The highest BCUT2D eigenvalue weighted by molar-refractivity contribution is 6.30. The summed E-state index contributed by atoms with van der Waals surface area (Å²) in [5, 5.41) is 6.11. The zero-order valence-electron chi connectivity index (χ0n) is 16.3. The lowest BCUT2D eigenvalue weighted by molar-refractivity contribution is -0.116. The molecule has 6 nitrogen and oxygen atoms in total. The van der Waals surface area contributed by atoms with Crippen LogP contribution in [0.3, 0.4) is 0 Å². The van der Waals surface area contributed by atoms with E-state index in [1.807, 2.05) is 11.8 Å². The highest BCUT2D eigenvalue weighted by atomic mass is 35.5. The molecule has 0 aliphatic carbocycles. The van der Waals surface area contributed by atoms with Gasteiger partial charge in [0, 0.05) is 47.9 Å². The molecule has 0 aromatic heterocycles. The number of amides is 3. The molecule has 0 unspecified atom stereocenters. The molecule has 1 saturated heterocycles. The third-order valence-electron chi connectivity index (χ3n) is 4.98. The maximum absolute atomic E-state index is 12.7. The Morgan fingerprint density at radius 1 is 1.03 bits per heavy atom.